The predicted octanol–water partition coefficient (Wildman–Crippen LogP) is 2.37. The number of nitrogens with one attached hydrogen (secondary N) is 1. The summed E-state index contributed by atoms with van der Waals surface area (Å²) in [6.07, 6.45) is 1.32. The van der Waals surface area contributed by atoms with Crippen LogP contribution in [0.5, 0.6) is 0 Å². The van der Waals surface area contributed by atoms with Gasteiger partial charge >= 0.3 is 0 Å². The second kappa shape index (κ2) is 4.89. The molecule has 1 unspecified atom stereocenters. The Hall–Kier alpha value is -1.33. The molecule has 5 heteroatoms. The van der Waals surface area contributed by atoms with Gasteiger partial charge in [-0.3, -0.25) is 0 Å². The molecule has 0 saturated carbocycles. The number of nitrogens with two attached hydrogens (primary N) is 1. The van der Waals surface area contributed by atoms with Crippen LogP contribution in [0.3, 0.4) is 0 Å². The highest BCUT2D eigenvalue weighted by Crippen LogP contribution is 2.29. The average molecular weight is 296 g/mol. The lowest BCUT2D eigenvalue weighted by Crippen LogP contribution is -2.16. The van der Waals surface area contributed by atoms with Crippen LogP contribution in [0.4, 0.5) is 11.5 Å². The van der Waals surface area contributed by atoms with Crippen LogP contribution in [-0.2, 0) is 0 Å². The van der Waals surface area contributed by atoms with E-state index in [-0.39, 0.29) is 0 Å². The molecule has 4 N–H and O–H groups in total. The van der Waals surface area contributed by atoms with Crippen molar-refractivity contribution in [2.75, 3.05) is 17.6 Å². The van der Waals surface area contributed by atoms with Crippen LogP contribution in [0, 0.1) is 0 Å². The lowest BCUT2D eigenvalue weighted by molar-refractivity contribution is 0.208. The molecule has 0 amide bonds. The van der Waals surface area contributed by atoms with E-state index in [2.05, 4.69) is 26.2 Å². The first-order chi connectivity index (χ1) is 8.08. The SMILES string of the molecule is CC(O)CNc1ncc(Br)c2ccc(N)cc12. The van der Waals surface area contributed by atoms with Gasteiger partial charge in [-0.2, -0.15) is 0 Å². The van der Waals surface area contributed by atoms with Gasteiger partial charge in [0.1, 0.15) is 5.82 Å². The third-order valence-corrected chi connectivity index (χ3v) is 3.06. The molecule has 0 bridgehead atoms. The van der Waals surface area contributed by atoms with E-state index >= 15 is 0 Å². The number of aliphatic hydroxyl groups is 1. The maximum Gasteiger partial charge on any atom is 0.134 e. The van der Waals surface area contributed by atoms with Crippen molar-refractivity contribution in [1.82, 2.24) is 4.98 Å². The molecular weight excluding hydrogens is 282 g/mol. The molecule has 0 aliphatic heterocycles. The maximum atomic E-state index is 9.27. The minimum atomic E-state index is -0.420. The van der Waals surface area contributed by atoms with Crippen molar-refractivity contribution in [1.29, 1.82) is 0 Å². The molecule has 1 aromatic carbocycles. The number of nitrogen functional groups attached to an aromatic ring is 1. The van der Waals surface area contributed by atoms with E-state index in [0.717, 1.165) is 21.1 Å². The number of rotatable bonds is 3. The summed E-state index contributed by atoms with van der Waals surface area (Å²) in [5.74, 6) is 0.733. The first-order valence-corrected chi connectivity index (χ1v) is 6.13. The summed E-state index contributed by atoms with van der Waals surface area (Å²) in [7, 11) is 0. The first kappa shape index (κ1) is 12.1. The maximum absolute atomic E-state index is 9.27. The molecule has 2 aromatic rings. The Bertz CT molecular complexity index is 543. The molecule has 4 nitrogen and oxygen atoms in total. The summed E-state index contributed by atoms with van der Waals surface area (Å²) in [6.45, 7) is 2.18. The summed E-state index contributed by atoms with van der Waals surface area (Å²) >= 11 is 3.46. The number of anilines is 2. The van der Waals surface area contributed by atoms with Crippen molar-refractivity contribution in [3.8, 4) is 0 Å². The number of benzene rings is 1. The van der Waals surface area contributed by atoms with Crippen LogP contribution in [0.25, 0.3) is 10.8 Å². The molecule has 1 aromatic heterocycles. The number of aliphatic hydroxyl groups excluding tert-OH is 1. The molecule has 0 saturated heterocycles. The fraction of sp³-hybridized carbons (Fsp3) is 0.250. The molecular formula is C12H14BrN3O. The minimum absolute atomic E-state index is 0.420. The highest BCUT2D eigenvalue weighted by molar-refractivity contribution is 9.10. The highest BCUT2D eigenvalue weighted by atomic mass is 79.9. The van der Waals surface area contributed by atoms with E-state index in [1.165, 1.54) is 0 Å². The fourth-order valence-corrected chi connectivity index (χ4v) is 2.06. The van der Waals surface area contributed by atoms with Gasteiger partial charge in [0.2, 0.25) is 0 Å². The van der Waals surface area contributed by atoms with E-state index in [4.69, 9.17) is 5.73 Å². The van der Waals surface area contributed by atoms with Crippen molar-refractivity contribution in [2.24, 2.45) is 0 Å². The summed E-state index contributed by atoms with van der Waals surface area (Å²) in [4.78, 5) is 4.29. The second-order valence-electron chi connectivity index (χ2n) is 3.99. The normalized spacial score (nSPS) is 12.6. The van der Waals surface area contributed by atoms with Crippen LogP contribution < -0.4 is 11.1 Å². The molecule has 0 radical (unpaired) electrons. The number of fused-ring (bicyclic) bond motifs is 1. The third kappa shape index (κ3) is 2.68. The number of aromatic nitrogens is 1. The largest absolute Gasteiger partial charge is 0.399 e. The van der Waals surface area contributed by atoms with Crippen molar-refractivity contribution in [2.45, 2.75) is 13.0 Å². The van der Waals surface area contributed by atoms with Crippen LogP contribution in [0.15, 0.2) is 28.9 Å². The predicted molar refractivity (Wildman–Crippen MR) is 74.0 cm³/mol. The lowest BCUT2D eigenvalue weighted by Gasteiger charge is -2.11. The standard InChI is InChI=1S/C12H14BrN3O/c1-7(17)5-15-12-10-4-8(14)2-3-9(10)11(13)6-16-12/h2-4,6-7,17H,5,14H2,1H3,(H,15,16). The number of halogens is 1. The van der Waals surface area contributed by atoms with Crippen molar-refractivity contribution < 1.29 is 5.11 Å². The van der Waals surface area contributed by atoms with Gasteiger partial charge in [-0.25, -0.2) is 4.98 Å². The Balaban J connectivity index is 2.48. The first-order valence-electron chi connectivity index (χ1n) is 5.33. The highest BCUT2D eigenvalue weighted by Gasteiger charge is 2.07. The van der Waals surface area contributed by atoms with Gasteiger partial charge < -0.3 is 16.2 Å². The molecule has 1 atom stereocenters. The number of hydrogen-bond acceptors (Lipinski definition) is 4. The number of nitrogens with zero attached hydrogens (tertiary/aromatic N) is 1. The fourth-order valence-electron chi connectivity index (χ4n) is 1.61. The Morgan fingerprint density at radius 2 is 2.24 bits per heavy atom. The Morgan fingerprint density at radius 1 is 1.47 bits per heavy atom. The summed E-state index contributed by atoms with van der Waals surface area (Å²) in [5, 5.41) is 14.4. The van der Waals surface area contributed by atoms with Crippen LogP contribution in [-0.4, -0.2) is 22.7 Å². The molecule has 2 rings (SSSR count). The van der Waals surface area contributed by atoms with Gasteiger partial charge in [-0.1, -0.05) is 6.07 Å². The quantitative estimate of drug-likeness (QED) is 0.760. The van der Waals surface area contributed by atoms with E-state index in [9.17, 15) is 5.11 Å². The lowest BCUT2D eigenvalue weighted by atomic mass is 10.1. The van der Waals surface area contributed by atoms with Crippen LogP contribution >= 0.6 is 15.9 Å². The van der Waals surface area contributed by atoms with Gasteiger partial charge in [0.05, 0.1) is 6.10 Å². The zero-order chi connectivity index (χ0) is 12.4. The summed E-state index contributed by atoms with van der Waals surface area (Å²) < 4.78 is 0.926. The zero-order valence-electron chi connectivity index (χ0n) is 9.44. The summed E-state index contributed by atoms with van der Waals surface area (Å²) in [6, 6.07) is 5.67. The molecule has 0 spiro atoms. The topological polar surface area (TPSA) is 71.2 Å². The van der Waals surface area contributed by atoms with Crippen LogP contribution in [0.1, 0.15) is 6.92 Å². The van der Waals surface area contributed by atoms with Crippen molar-refractivity contribution in [3.63, 3.8) is 0 Å². The molecule has 0 aliphatic rings. The Morgan fingerprint density at radius 3 is 2.94 bits per heavy atom. The van der Waals surface area contributed by atoms with Crippen molar-refractivity contribution >= 4 is 38.2 Å². The van der Waals surface area contributed by atoms with Gasteiger partial charge in [-0.15, -0.1) is 0 Å². The molecule has 90 valence electrons. The Labute approximate surface area is 108 Å². The zero-order valence-corrected chi connectivity index (χ0v) is 11.0. The minimum Gasteiger partial charge on any atom is -0.399 e. The smallest absolute Gasteiger partial charge is 0.134 e. The Kier molecular flexibility index (Phi) is 3.49. The van der Waals surface area contributed by atoms with Gasteiger partial charge in [0.25, 0.3) is 0 Å². The van der Waals surface area contributed by atoms with E-state index in [0.29, 0.717) is 12.2 Å². The average Bonchev–Trinajstić information content (AvgIpc) is 2.28. The van der Waals surface area contributed by atoms with Crippen LogP contribution in [0.2, 0.25) is 0 Å². The second-order valence-corrected chi connectivity index (χ2v) is 4.84. The van der Waals surface area contributed by atoms with E-state index in [1.54, 1.807) is 13.1 Å². The van der Waals surface area contributed by atoms with Crippen molar-refractivity contribution in [3.05, 3.63) is 28.9 Å². The monoisotopic (exact) mass is 295 g/mol. The molecule has 0 fully saturated rings. The van der Waals surface area contributed by atoms with E-state index in [1.807, 2.05) is 18.2 Å². The van der Waals surface area contributed by atoms with Gasteiger partial charge in [0, 0.05) is 33.7 Å². The van der Waals surface area contributed by atoms with Gasteiger partial charge in [0.15, 0.2) is 0 Å². The molecule has 1 heterocycles. The third-order valence-electron chi connectivity index (χ3n) is 2.43. The molecule has 17 heavy (non-hydrogen) atoms. The van der Waals surface area contributed by atoms with Gasteiger partial charge in [-0.05, 0) is 35.0 Å². The molecule has 0 aliphatic carbocycles. The summed E-state index contributed by atoms with van der Waals surface area (Å²) in [5.41, 5.74) is 6.47. The number of pyridine rings is 1. The van der Waals surface area contributed by atoms with E-state index < -0.39 is 6.10 Å². The number of hydrogen-bond donors (Lipinski definition) is 3.